The number of hydrogen-bond donors (Lipinski definition) is 2. The van der Waals surface area contributed by atoms with Crippen molar-refractivity contribution in [3.05, 3.63) is 76.4 Å². The summed E-state index contributed by atoms with van der Waals surface area (Å²) in [4.78, 5) is 24.0. The third-order valence-electron chi connectivity index (χ3n) is 6.42. The molecule has 2 aromatic carbocycles. The number of hydrogen-bond acceptors (Lipinski definition) is 6. The molecule has 7 nitrogen and oxygen atoms in total. The fourth-order valence-corrected chi connectivity index (χ4v) is 5.38. The first-order valence-electron chi connectivity index (χ1n) is 10.9. The molecule has 33 heavy (non-hydrogen) atoms. The van der Waals surface area contributed by atoms with Crippen molar-refractivity contribution in [2.75, 3.05) is 31.6 Å². The van der Waals surface area contributed by atoms with Crippen LogP contribution in [0.5, 0.6) is 5.75 Å². The second kappa shape index (κ2) is 8.88. The van der Waals surface area contributed by atoms with E-state index in [0.717, 1.165) is 59.3 Å². The van der Waals surface area contributed by atoms with Crippen LogP contribution in [0.4, 0.5) is 5.13 Å². The molecule has 5 rings (SSSR count). The monoisotopic (exact) mass is 462 g/mol. The largest absolute Gasteiger partial charge is 0.496 e. The van der Waals surface area contributed by atoms with E-state index in [1.807, 2.05) is 29.9 Å². The first kappa shape index (κ1) is 21.5. The van der Waals surface area contributed by atoms with Crippen LogP contribution in [0.15, 0.2) is 54.2 Å². The van der Waals surface area contributed by atoms with Gasteiger partial charge in [0.05, 0.1) is 18.7 Å². The van der Waals surface area contributed by atoms with E-state index in [2.05, 4.69) is 38.8 Å². The molecule has 8 heteroatoms. The Bertz CT molecular complexity index is 1270. The normalized spacial score (nSPS) is 16.9. The molecule has 1 aliphatic rings. The minimum absolute atomic E-state index is 0.0884. The van der Waals surface area contributed by atoms with Crippen molar-refractivity contribution >= 4 is 33.3 Å². The molecule has 3 heterocycles. The van der Waals surface area contributed by atoms with E-state index in [1.54, 1.807) is 30.6 Å². The Balaban J connectivity index is 1.51. The van der Waals surface area contributed by atoms with Crippen molar-refractivity contribution < 1.29 is 14.6 Å². The molecule has 1 saturated heterocycles. The fraction of sp³-hybridized carbons (Fsp3) is 0.280. The van der Waals surface area contributed by atoms with Crippen molar-refractivity contribution in [1.29, 1.82) is 0 Å². The van der Waals surface area contributed by atoms with Crippen LogP contribution < -0.4 is 9.64 Å². The molecule has 0 amide bonds. The third kappa shape index (κ3) is 4.07. The minimum atomic E-state index is -0.911. The summed E-state index contributed by atoms with van der Waals surface area (Å²) in [6.07, 6.45) is 3.81. The molecule has 0 radical (unpaired) electrons. The lowest BCUT2D eigenvalue weighted by atomic mass is 9.98. The Morgan fingerprint density at radius 1 is 1.27 bits per heavy atom. The average Bonchev–Trinajstić information content (AvgIpc) is 3.54. The van der Waals surface area contributed by atoms with Crippen molar-refractivity contribution in [2.24, 2.45) is 0 Å². The maximum Gasteiger partial charge on any atom is 0.335 e. The number of H-pyrrole nitrogens is 1. The zero-order chi connectivity index (χ0) is 22.9. The topological polar surface area (TPSA) is 81.7 Å². The predicted octanol–water partition coefficient (Wildman–Crippen LogP) is 4.70. The zero-order valence-corrected chi connectivity index (χ0v) is 19.4. The van der Waals surface area contributed by atoms with Crippen LogP contribution in [-0.4, -0.2) is 52.7 Å². The Labute approximate surface area is 196 Å². The highest BCUT2D eigenvalue weighted by molar-refractivity contribution is 7.13. The number of aromatic nitrogens is 2. The van der Waals surface area contributed by atoms with E-state index < -0.39 is 5.97 Å². The lowest BCUT2D eigenvalue weighted by Crippen LogP contribution is -2.48. The number of fused-ring (bicyclic) bond motifs is 1. The smallest absolute Gasteiger partial charge is 0.335 e. The highest BCUT2D eigenvalue weighted by Crippen LogP contribution is 2.36. The van der Waals surface area contributed by atoms with Gasteiger partial charge in [0, 0.05) is 60.4 Å². The van der Waals surface area contributed by atoms with Crippen LogP contribution in [0, 0.1) is 6.92 Å². The maximum atomic E-state index is 11.4. The van der Waals surface area contributed by atoms with Crippen LogP contribution in [0.25, 0.3) is 10.9 Å². The number of methoxy groups -OCH3 is 1. The van der Waals surface area contributed by atoms with E-state index >= 15 is 0 Å². The Kier molecular flexibility index (Phi) is 5.78. The molecule has 0 bridgehead atoms. The lowest BCUT2D eigenvalue weighted by Gasteiger charge is -2.42. The molecular formula is C25H26N4O3S. The van der Waals surface area contributed by atoms with Crippen LogP contribution in [0.2, 0.25) is 0 Å². The van der Waals surface area contributed by atoms with Gasteiger partial charge in [0.15, 0.2) is 5.13 Å². The van der Waals surface area contributed by atoms with Gasteiger partial charge >= 0.3 is 5.97 Å². The first-order chi connectivity index (χ1) is 16.0. The number of carboxylic acids is 1. The van der Waals surface area contributed by atoms with Gasteiger partial charge in [0.25, 0.3) is 0 Å². The molecule has 2 N–H and O–H groups in total. The second-order valence-corrected chi connectivity index (χ2v) is 9.19. The van der Waals surface area contributed by atoms with Gasteiger partial charge in [-0.05, 0) is 42.3 Å². The zero-order valence-electron chi connectivity index (χ0n) is 18.6. The second-order valence-electron chi connectivity index (χ2n) is 8.31. The number of anilines is 1. The van der Waals surface area contributed by atoms with Crippen LogP contribution in [0.1, 0.15) is 33.1 Å². The molecule has 0 spiro atoms. The molecule has 4 aromatic rings. The molecule has 170 valence electrons. The predicted molar refractivity (Wildman–Crippen MR) is 130 cm³/mol. The SMILES string of the molecule is COc1cc(C)c2[nH]ccc2c1CN1CCN(c2nccs2)C[C@H]1c1ccc(C(=O)O)cc1. The number of benzene rings is 2. The molecule has 1 atom stereocenters. The first-order valence-corrected chi connectivity index (χ1v) is 11.8. The Hall–Kier alpha value is -3.36. The number of ether oxygens (including phenoxy) is 1. The number of piperazine rings is 1. The standard InChI is InChI=1S/C25H26N4O3S/c1-16-13-22(32-2)20(19-7-8-26-23(16)19)14-28-10-11-29(25-27-9-12-33-25)15-21(28)17-3-5-18(6-4-17)24(30)31/h3-9,12-13,21,26H,10-11,14-15H2,1-2H3,(H,30,31)/t21-/m0/s1. The van der Waals surface area contributed by atoms with Gasteiger partial charge < -0.3 is 19.7 Å². The molecular weight excluding hydrogens is 436 g/mol. The van der Waals surface area contributed by atoms with Crippen molar-refractivity contribution in [3.8, 4) is 5.75 Å². The van der Waals surface area contributed by atoms with E-state index in [4.69, 9.17) is 4.74 Å². The Morgan fingerprint density at radius 3 is 2.79 bits per heavy atom. The molecule has 2 aromatic heterocycles. The fourth-order valence-electron chi connectivity index (χ4n) is 4.70. The van der Waals surface area contributed by atoms with Gasteiger partial charge in [-0.15, -0.1) is 11.3 Å². The highest BCUT2D eigenvalue weighted by Gasteiger charge is 2.31. The number of aryl methyl sites for hydroxylation is 1. The van der Waals surface area contributed by atoms with Gasteiger partial charge in [-0.3, -0.25) is 4.90 Å². The quantitative estimate of drug-likeness (QED) is 0.432. The summed E-state index contributed by atoms with van der Waals surface area (Å²) in [6.45, 7) is 5.33. The molecule has 1 aliphatic heterocycles. The summed E-state index contributed by atoms with van der Waals surface area (Å²) in [5, 5.41) is 13.5. The maximum absolute atomic E-state index is 11.4. The van der Waals surface area contributed by atoms with E-state index in [-0.39, 0.29) is 6.04 Å². The van der Waals surface area contributed by atoms with E-state index in [1.165, 1.54) is 5.39 Å². The van der Waals surface area contributed by atoms with Gasteiger partial charge in [-0.2, -0.15) is 0 Å². The number of carboxylic acid groups (broad SMARTS) is 1. The number of nitrogens with zero attached hydrogens (tertiary/aromatic N) is 3. The number of aromatic amines is 1. The molecule has 0 aliphatic carbocycles. The molecule has 1 fully saturated rings. The number of aromatic carboxylic acids is 1. The van der Waals surface area contributed by atoms with E-state index in [0.29, 0.717) is 5.56 Å². The highest BCUT2D eigenvalue weighted by atomic mass is 32.1. The van der Waals surface area contributed by atoms with Crippen molar-refractivity contribution in [2.45, 2.75) is 19.5 Å². The van der Waals surface area contributed by atoms with Gasteiger partial charge in [-0.25, -0.2) is 9.78 Å². The summed E-state index contributed by atoms with van der Waals surface area (Å²) in [7, 11) is 1.72. The lowest BCUT2D eigenvalue weighted by molar-refractivity contribution is 0.0696. The summed E-state index contributed by atoms with van der Waals surface area (Å²) in [5.74, 6) is -0.0207. The molecule has 0 saturated carbocycles. The average molecular weight is 463 g/mol. The van der Waals surface area contributed by atoms with Crippen LogP contribution >= 0.6 is 11.3 Å². The summed E-state index contributed by atoms with van der Waals surface area (Å²) >= 11 is 1.64. The Morgan fingerprint density at radius 2 is 2.09 bits per heavy atom. The third-order valence-corrected chi connectivity index (χ3v) is 7.25. The van der Waals surface area contributed by atoms with Crippen molar-refractivity contribution in [1.82, 2.24) is 14.9 Å². The van der Waals surface area contributed by atoms with Crippen LogP contribution in [0.3, 0.4) is 0 Å². The van der Waals surface area contributed by atoms with Gasteiger partial charge in [0.2, 0.25) is 0 Å². The van der Waals surface area contributed by atoms with E-state index in [9.17, 15) is 9.90 Å². The molecule has 0 unspecified atom stereocenters. The number of rotatable bonds is 6. The minimum Gasteiger partial charge on any atom is -0.496 e. The number of thiazole rings is 1. The summed E-state index contributed by atoms with van der Waals surface area (Å²) in [6, 6.07) is 11.5. The summed E-state index contributed by atoms with van der Waals surface area (Å²) < 4.78 is 5.78. The number of carbonyl (C=O) groups is 1. The van der Waals surface area contributed by atoms with Crippen LogP contribution in [-0.2, 0) is 6.54 Å². The van der Waals surface area contributed by atoms with Gasteiger partial charge in [-0.1, -0.05) is 12.1 Å². The van der Waals surface area contributed by atoms with Gasteiger partial charge in [0.1, 0.15) is 5.75 Å². The van der Waals surface area contributed by atoms with Crippen molar-refractivity contribution in [3.63, 3.8) is 0 Å². The summed E-state index contributed by atoms with van der Waals surface area (Å²) in [5.41, 5.74) is 4.85. The number of nitrogens with one attached hydrogen (secondary N) is 1.